The molecule has 0 amide bonds. The summed E-state index contributed by atoms with van der Waals surface area (Å²) in [5, 5.41) is 3.40. The highest BCUT2D eigenvalue weighted by Crippen LogP contribution is 2.24. The largest absolute Gasteiger partial charge is 0.380 e. The second-order valence-corrected chi connectivity index (χ2v) is 4.71. The molecule has 0 aromatic heterocycles. The van der Waals surface area contributed by atoms with E-state index in [4.69, 9.17) is 0 Å². The molecule has 0 spiro atoms. The maximum Gasteiger partial charge on any atom is 0.0488 e. The molecule has 0 saturated heterocycles. The highest BCUT2D eigenvalue weighted by molar-refractivity contribution is 9.10. The third kappa shape index (κ3) is 2.86. The van der Waals surface area contributed by atoms with Gasteiger partial charge in [0.1, 0.15) is 0 Å². The lowest BCUT2D eigenvalue weighted by atomic mass is 10.1. The van der Waals surface area contributed by atoms with Crippen molar-refractivity contribution in [3.63, 3.8) is 0 Å². The normalized spacial score (nSPS) is 11.3. The van der Waals surface area contributed by atoms with Crippen LogP contribution in [0.5, 0.6) is 0 Å². The number of benzene rings is 1. The molecule has 66 valence electrons. The molecule has 0 unspecified atom stereocenters. The van der Waals surface area contributed by atoms with Gasteiger partial charge in [0.25, 0.3) is 0 Å². The van der Waals surface area contributed by atoms with E-state index in [9.17, 15) is 0 Å². The second-order valence-electron chi connectivity index (χ2n) is 3.85. The second kappa shape index (κ2) is 3.48. The molecule has 2 heteroatoms. The standard InChI is InChI=1S/C10H14BrN/c1-10(2,3)12-9-7-5-4-6-8(9)11/h4-7,12H,1-3H3. The van der Waals surface area contributed by atoms with Gasteiger partial charge in [-0.15, -0.1) is 0 Å². The van der Waals surface area contributed by atoms with E-state index >= 15 is 0 Å². The number of hydrogen-bond acceptors (Lipinski definition) is 1. The van der Waals surface area contributed by atoms with Crippen LogP contribution >= 0.6 is 15.9 Å². The minimum absolute atomic E-state index is 0.115. The fourth-order valence-electron chi connectivity index (χ4n) is 0.967. The van der Waals surface area contributed by atoms with E-state index in [0.29, 0.717) is 0 Å². The Morgan fingerprint density at radius 3 is 2.25 bits per heavy atom. The zero-order valence-electron chi connectivity index (χ0n) is 7.69. The molecule has 0 heterocycles. The van der Waals surface area contributed by atoms with Gasteiger partial charge < -0.3 is 5.32 Å². The molecule has 0 bridgehead atoms. The molecule has 0 aliphatic rings. The van der Waals surface area contributed by atoms with Crippen LogP contribution in [0, 0.1) is 0 Å². The van der Waals surface area contributed by atoms with Gasteiger partial charge in [0.15, 0.2) is 0 Å². The molecular weight excluding hydrogens is 214 g/mol. The van der Waals surface area contributed by atoms with Crippen molar-refractivity contribution in [2.45, 2.75) is 26.3 Å². The van der Waals surface area contributed by atoms with Gasteiger partial charge in [-0.05, 0) is 48.8 Å². The van der Waals surface area contributed by atoms with Gasteiger partial charge in [-0.3, -0.25) is 0 Å². The fraction of sp³-hybridized carbons (Fsp3) is 0.400. The van der Waals surface area contributed by atoms with Crippen LogP contribution in [0.25, 0.3) is 0 Å². The molecule has 1 aromatic rings. The van der Waals surface area contributed by atoms with E-state index in [-0.39, 0.29) is 5.54 Å². The highest BCUT2D eigenvalue weighted by atomic mass is 79.9. The first kappa shape index (κ1) is 9.59. The smallest absolute Gasteiger partial charge is 0.0488 e. The van der Waals surface area contributed by atoms with Crippen LogP contribution in [-0.4, -0.2) is 5.54 Å². The number of anilines is 1. The van der Waals surface area contributed by atoms with Gasteiger partial charge in [-0.2, -0.15) is 0 Å². The first-order chi connectivity index (χ1) is 5.49. The van der Waals surface area contributed by atoms with Crippen LogP contribution < -0.4 is 5.32 Å². The van der Waals surface area contributed by atoms with E-state index in [2.05, 4.69) is 48.1 Å². The molecule has 0 radical (unpaired) electrons. The van der Waals surface area contributed by atoms with E-state index in [1.165, 1.54) is 0 Å². The van der Waals surface area contributed by atoms with Crippen LogP contribution in [0.1, 0.15) is 20.8 Å². The van der Waals surface area contributed by atoms with Crippen molar-refractivity contribution >= 4 is 21.6 Å². The minimum atomic E-state index is 0.115. The molecular formula is C10H14BrN. The zero-order chi connectivity index (χ0) is 9.19. The van der Waals surface area contributed by atoms with Gasteiger partial charge in [-0.1, -0.05) is 12.1 Å². The van der Waals surface area contributed by atoms with Crippen molar-refractivity contribution in [2.75, 3.05) is 5.32 Å². The first-order valence-corrected chi connectivity index (χ1v) is 4.81. The summed E-state index contributed by atoms with van der Waals surface area (Å²) in [6.07, 6.45) is 0. The molecule has 0 fully saturated rings. The van der Waals surface area contributed by atoms with Crippen molar-refractivity contribution in [2.24, 2.45) is 0 Å². The van der Waals surface area contributed by atoms with Crippen molar-refractivity contribution in [3.8, 4) is 0 Å². The van der Waals surface area contributed by atoms with E-state index in [1.807, 2.05) is 18.2 Å². The summed E-state index contributed by atoms with van der Waals surface area (Å²) in [6.45, 7) is 6.44. The highest BCUT2D eigenvalue weighted by Gasteiger charge is 2.10. The average Bonchev–Trinajstić information content (AvgIpc) is 1.91. The topological polar surface area (TPSA) is 12.0 Å². The third-order valence-corrected chi connectivity index (χ3v) is 2.08. The number of nitrogens with one attached hydrogen (secondary N) is 1. The monoisotopic (exact) mass is 227 g/mol. The summed E-state index contributed by atoms with van der Waals surface area (Å²) in [6, 6.07) is 8.14. The van der Waals surface area contributed by atoms with Crippen molar-refractivity contribution in [3.05, 3.63) is 28.7 Å². The minimum Gasteiger partial charge on any atom is -0.380 e. The molecule has 0 saturated carbocycles. The Morgan fingerprint density at radius 1 is 1.17 bits per heavy atom. The summed E-state index contributed by atoms with van der Waals surface area (Å²) >= 11 is 3.49. The van der Waals surface area contributed by atoms with E-state index < -0.39 is 0 Å². The third-order valence-electron chi connectivity index (χ3n) is 1.38. The number of rotatable bonds is 1. The Balaban J connectivity index is 2.83. The van der Waals surface area contributed by atoms with Gasteiger partial charge in [0, 0.05) is 15.7 Å². The van der Waals surface area contributed by atoms with Gasteiger partial charge in [0.2, 0.25) is 0 Å². The lowest BCUT2D eigenvalue weighted by Crippen LogP contribution is -2.26. The maximum atomic E-state index is 3.49. The molecule has 0 aliphatic carbocycles. The molecule has 0 atom stereocenters. The molecule has 1 N–H and O–H groups in total. The Morgan fingerprint density at radius 2 is 1.75 bits per heavy atom. The van der Waals surface area contributed by atoms with E-state index in [0.717, 1.165) is 10.2 Å². The number of halogens is 1. The first-order valence-electron chi connectivity index (χ1n) is 4.02. The fourth-order valence-corrected chi connectivity index (χ4v) is 1.35. The molecule has 0 aliphatic heterocycles. The Hall–Kier alpha value is -0.500. The SMILES string of the molecule is CC(C)(C)Nc1ccccc1Br. The van der Waals surface area contributed by atoms with Crippen LogP contribution in [0.15, 0.2) is 28.7 Å². The lowest BCUT2D eigenvalue weighted by Gasteiger charge is -2.22. The zero-order valence-corrected chi connectivity index (χ0v) is 9.27. The van der Waals surface area contributed by atoms with E-state index in [1.54, 1.807) is 0 Å². The van der Waals surface area contributed by atoms with Gasteiger partial charge in [0.05, 0.1) is 0 Å². The van der Waals surface area contributed by atoms with Crippen LogP contribution in [0.3, 0.4) is 0 Å². The predicted octanol–water partition coefficient (Wildman–Crippen LogP) is 3.66. The van der Waals surface area contributed by atoms with Crippen LogP contribution in [0.4, 0.5) is 5.69 Å². The number of para-hydroxylation sites is 1. The summed E-state index contributed by atoms with van der Waals surface area (Å²) in [4.78, 5) is 0. The molecule has 12 heavy (non-hydrogen) atoms. The van der Waals surface area contributed by atoms with Crippen molar-refractivity contribution in [1.82, 2.24) is 0 Å². The summed E-state index contributed by atoms with van der Waals surface area (Å²) in [5.74, 6) is 0. The van der Waals surface area contributed by atoms with Gasteiger partial charge >= 0.3 is 0 Å². The van der Waals surface area contributed by atoms with Crippen LogP contribution in [-0.2, 0) is 0 Å². The Bertz CT molecular complexity index is 263. The predicted molar refractivity (Wildman–Crippen MR) is 57.5 cm³/mol. The Kier molecular flexibility index (Phi) is 2.78. The van der Waals surface area contributed by atoms with Crippen molar-refractivity contribution in [1.29, 1.82) is 0 Å². The summed E-state index contributed by atoms with van der Waals surface area (Å²) < 4.78 is 1.11. The summed E-state index contributed by atoms with van der Waals surface area (Å²) in [7, 11) is 0. The molecule has 1 nitrogen and oxygen atoms in total. The lowest BCUT2D eigenvalue weighted by molar-refractivity contribution is 0.633. The quantitative estimate of drug-likeness (QED) is 0.773. The maximum absolute atomic E-state index is 3.49. The Labute approximate surface area is 82.3 Å². The molecule has 1 rings (SSSR count). The summed E-state index contributed by atoms with van der Waals surface area (Å²) in [5.41, 5.74) is 1.26. The van der Waals surface area contributed by atoms with Crippen molar-refractivity contribution < 1.29 is 0 Å². The number of hydrogen-bond donors (Lipinski definition) is 1. The van der Waals surface area contributed by atoms with Gasteiger partial charge in [-0.25, -0.2) is 0 Å². The van der Waals surface area contributed by atoms with Crippen LogP contribution in [0.2, 0.25) is 0 Å². The molecule has 1 aromatic carbocycles. The average molecular weight is 228 g/mol.